The lowest BCUT2D eigenvalue weighted by molar-refractivity contribution is 0.118. The standard InChI is InChI=1S/C14H28N2O3S/c1-19-12-13-7-6-10-16(11-13)20(17,18)15-14-8-4-2-3-5-9-14/h13-15H,2-12H2,1H3. The molecule has 118 valence electrons. The first kappa shape index (κ1) is 16.2. The molecular formula is C14H28N2O3S. The van der Waals surface area contributed by atoms with Crippen molar-refractivity contribution in [1.29, 1.82) is 0 Å². The first-order chi connectivity index (χ1) is 9.62. The van der Waals surface area contributed by atoms with Crippen LogP contribution in [0.15, 0.2) is 0 Å². The largest absolute Gasteiger partial charge is 0.384 e. The van der Waals surface area contributed by atoms with Crippen molar-refractivity contribution in [3.05, 3.63) is 0 Å². The molecule has 5 nitrogen and oxygen atoms in total. The average molecular weight is 304 g/mol. The molecule has 1 N–H and O–H groups in total. The van der Waals surface area contributed by atoms with Gasteiger partial charge in [-0.2, -0.15) is 17.4 Å². The van der Waals surface area contributed by atoms with E-state index in [4.69, 9.17) is 4.74 Å². The van der Waals surface area contributed by atoms with Gasteiger partial charge in [-0.1, -0.05) is 25.7 Å². The molecule has 1 aliphatic carbocycles. The van der Waals surface area contributed by atoms with Gasteiger partial charge in [0.15, 0.2) is 0 Å². The van der Waals surface area contributed by atoms with Gasteiger partial charge in [-0.25, -0.2) is 0 Å². The molecule has 0 aromatic rings. The van der Waals surface area contributed by atoms with Gasteiger partial charge < -0.3 is 4.74 Å². The molecule has 20 heavy (non-hydrogen) atoms. The van der Waals surface area contributed by atoms with Crippen molar-refractivity contribution in [2.45, 2.75) is 57.4 Å². The average Bonchev–Trinajstić information content (AvgIpc) is 2.68. The molecule has 1 atom stereocenters. The summed E-state index contributed by atoms with van der Waals surface area (Å²) in [5, 5.41) is 0. The monoisotopic (exact) mass is 304 g/mol. The van der Waals surface area contributed by atoms with Gasteiger partial charge in [0.2, 0.25) is 0 Å². The van der Waals surface area contributed by atoms with Crippen molar-refractivity contribution >= 4 is 10.2 Å². The number of ether oxygens (including phenoxy) is 1. The molecule has 0 amide bonds. The summed E-state index contributed by atoms with van der Waals surface area (Å²) >= 11 is 0. The molecule has 6 heteroatoms. The highest BCUT2D eigenvalue weighted by Gasteiger charge is 2.30. The Labute approximate surface area is 123 Å². The normalized spacial score (nSPS) is 27.4. The van der Waals surface area contributed by atoms with Crippen LogP contribution >= 0.6 is 0 Å². The van der Waals surface area contributed by atoms with Gasteiger partial charge in [-0.15, -0.1) is 0 Å². The van der Waals surface area contributed by atoms with E-state index in [1.807, 2.05) is 0 Å². The molecule has 0 aromatic carbocycles. The highest BCUT2D eigenvalue weighted by molar-refractivity contribution is 7.87. The van der Waals surface area contributed by atoms with Gasteiger partial charge in [0, 0.05) is 26.2 Å². The number of hydrogen-bond acceptors (Lipinski definition) is 3. The minimum atomic E-state index is -3.32. The summed E-state index contributed by atoms with van der Waals surface area (Å²) in [5.41, 5.74) is 0. The molecule has 0 radical (unpaired) electrons. The van der Waals surface area contributed by atoms with Crippen LogP contribution in [-0.2, 0) is 14.9 Å². The molecule has 2 aliphatic rings. The van der Waals surface area contributed by atoms with Gasteiger partial charge in [0.05, 0.1) is 6.61 Å². The maximum Gasteiger partial charge on any atom is 0.279 e. The Morgan fingerprint density at radius 1 is 1.10 bits per heavy atom. The van der Waals surface area contributed by atoms with Crippen molar-refractivity contribution < 1.29 is 13.2 Å². The highest BCUT2D eigenvalue weighted by Crippen LogP contribution is 2.21. The van der Waals surface area contributed by atoms with Gasteiger partial charge in [0.1, 0.15) is 0 Å². The molecule has 2 fully saturated rings. The summed E-state index contributed by atoms with van der Waals surface area (Å²) in [6.45, 7) is 1.88. The lowest BCUT2D eigenvalue weighted by Crippen LogP contribution is -2.49. The van der Waals surface area contributed by atoms with Crippen LogP contribution in [0.25, 0.3) is 0 Å². The Kier molecular flexibility index (Phi) is 6.26. The van der Waals surface area contributed by atoms with E-state index in [0.717, 1.165) is 38.5 Å². The fourth-order valence-electron chi connectivity index (χ4n) is 3.30. The molecule has 0 spiro atoms. The number of hydrogen-bond donors (Lipinski definition) is 1. The summed E-state index contributed by atoms with van der Waals surface area (Å²) in [6.07, 6.45) is 8.70. The third-order valence-corrected chi connectivity index (χ3v) is 6.04. The molecule has 1 saturated carbocycles. The molecule has 0 bridgehead atoms. The zero-order valence-electron chi connectivity index (χ0n) is 12.5. The van der Waals surface area contributed by atoms with E-state index in [0.29, 0.717) is 25.6 Å². The Morgan fingerprint density at radius 3 is 2.45 bits per heavy atom. The van der Waals surface area contributed by atoms with Crippen LogP contribution in [0.4, 0.5) is 0 Å². The Hall–Kier alpha value is -0.170. The number of rotatable bonds is 5. The maximum atomic E-state index is 12.5. The van der Waals surface area contributed by atoms with Crippen LogP contribution < -0.4 is 4.72 Å². The number of piperidine rings is 1. The van der Waals surface area contributed by atoms with Crippen molar-refractivity contribution in [2.24, 2.45) is 5.92 Å². The first-order valence-corrected chi connectivity index (χ1v) is 9.32. The third kappa shape index (κ3) is 4.69. The van der Waals surface area contributed by atoms with Crippen LogP contribution in [0.1, 0.15) is 51.4 Å². The molecule has 1 aliphatic heterocycles. The number of nitrogens with one attached hydrogen (secondary N) is 1. The van der Waals surface area contributed by atoms with Crippen LogP contribution in [0.3, 0.4) is 0 Å². The van der Waals surface area contributed by atoms with Crippen LogP contribution in [0.5, 0.6) is 0 Å². The Balaban J connectivity index is 1.91. The predicted molar refractivity (Wildman–Crippen MR) is 79.7 cm³/mol. The number of nitrogens with zero attached hydrogens (tertiary/aromatic N) is 1. The smallest absolute Gasteiger partial charge is 0.279 e. The van der Waals surface area contributed by atoms with Crippen molar-refractivity contribution in [1.82, 2.24) is 9.03 Å². The van der Waals surface area contributed by atoms with Gasteiger partial charge in [-0.3, -0.25) is 0 Å². The second-order valence-corrected chi connectivity index (χ2v) is 7.84. The molecule has 2 rings (SSSR count). The van der Waals surface area contributed by atoms with Gasteiger partial charge in [-0.05, 0) is 31.6 Å². The molecule has 1 saturated heterocycles. The fourth-order valence-corrected chi connectivity index (χ4v) is 4.88. The lowest BCUT2D eigenvalue weighted by Gasteiger charge is -2.32. The molecule has 1 unspecified atom stereocenters. The van der Waals surface area contributed by atoms with Crippen molar-refractivity contribution in [2.75, 3.05) is 26.8 Å². The summed E-state index contributed by atoms with van der Waals surface area (Å²) in [5.74, 6) is 0.333. The SMILES string of the molecule is COCC1CCCN(S(=O)(=O)NC2CCCCCC2)C1. The van der Waals surface area contributed by atoms with Gasteiger partial charge >= 0.3 is 0 Å². The van der Waals surface area contributed by atoms with E-state index in [2.05, 4.69) is 4.72 Å². The predicted octanol–water partition coefficient (Wildman–Crippen LogP) is 1.90. The van der Waals surface area contributed by atoms with E-state index in [9.17, 15) is 8.42 Å². The quantitative estimate of drug-likeness (QED) is 0.789. The molecule has 1 heterocycles. The molecular weight excluding hydrogens is 276 g/mol. The topological polar surface area (TPSA) is 58.6 Å². The first-order valence-electron chi connectivity index (χ1n) is 7.88. The van der Waals surface area contributed by atoms with E-state index < -0.39 is 10.2 Å². The second-order valence-electron chi connectivity index (χ2n) is 6.13. The zero-order chi connectivity index (χ0) is 14.4. The summed E-state index contributed by atoms with van der Waals surface area (Å²) in [4.78, 5) is 0. The van der Waals surface area contributed by atoms with Crippen LogP contribution in [-0.4, -0.2) is 45.6 Å². The Bertz CT molecular complexity index is 376. The molecule has 0 aromatic heterocycles. The zero-order valence-corrected chi connectivity index (χ0v) is 13.3. The maximum absolute atomic E-state index is 12.5. The van der Waals surface area contributed by atoms with E-state index >= 15 is 0 Å². The van der Waals surface area contributed by atoms with Crippen LogP contribution in [0, 0.1) is 5.92 Å². The number of methoxy groups -OCH3 is 1. The summed E-state index contributed by atoms with van der Waals surface area (Å²) < 4.78 is 34.7. The van der Waals surface area contributed by atoms with E-state index in [1.165, 1.54) is 12.8 Å². The minimum Gasteiger partial charge on any atom is -0.384 e. The fraction of sp³-hybridized carbons (Fsp3) is 1.00. The van der Waals surface area contributed by atoms with E-state index in [-0.39, 0.29) is 6.04 Å². The summed E-state index contributed by atoms with van der Waals surface area (Å²) in [7, 11) is -1.64. The van der Waals surface area contributed by atoms with E-state index in [1.54, 1.807) is 11.4 Å². The van der Waals surface area contributed by atoms with Crippen molar-refractivity contribution in [3.63, 3.8) is 0 Å². The lowest BCUT2D eigenvalue weighted by atomic mass is 10.0. The third-order valence-electron chi connectivity index (χ3n) is 4.39. The van der Waals surface area contributed by atoms with Crippen molar-refractivity contribution in [3.8, 4) is 0 Å². The van der Waals surface area contributed by atoms with Gasteiger partial charge in [0.25, 0.3) is 10.2 Å². The Morgan fingerprint density at radius 2 is 1.80 bits per heavy atom. The van der Waals surface area contributed by atoms with Crippen LogP contribution in [0.2, 0.25) is 0 Å². The summed E-state index contributed by atoms with van der Waals surface area (Å²) in [6, 6.07) is 0.130. The minimum absolute atomic E-state index is 0.130. The second kappa shape index (κ2) is 7.73. The highest BCUT2D eigenvalue weighted by atomic mass is 32.2.